The second kappa shape index (κ2) is 9.34. The molecule has 1 aliphatic heterocycles. The zero-order chi connectivity index (χ0) is 19.2. The number of aryl methyl sites for hydroxylation is 1. The Hall–Kier alpha value is -1.91. The number of carbonyl (C=O) groups excluding carboxylic acids is 2. The fourth-order valence-electron chi connectivity index (χ4n) is 3.89. The lowest BCUT2D eigenvalue weighted by Crippen LogP contribution is -2.35. The normalized spacial score (nSPS) is 17.7. The Balaban J connectivity index is 1.51. The molecule has 1 aromatic heterocycles. The summed E-state index contributed by atoms with van der Waals surface area (Å²) in [7, 11) is 0. The van der Waals surface area contributed by atoms with E-state index in [4.69, 9.17) is 0 Å². The molecule has 7 heteroatoms. The molecule has 0 saturated carbocycles. The zero-order valence-electron chi connectivity index (χ0n) is 16.1. The van der Waals surface area contributed by atoms with E-state index in [-0.39, 0.29) is 11.8 Å². The summed E-state index contributed by atoms with van der Waals surface area (Å²) < 4.78 is 0. The number of hydrogen-bond donors (Lipinski definition) is 1. The molecule has 146 valence electrons. The van der Waals surface area contributed by atoms with Crippen molar-refractivity contribution in [3.05, 3.63) is 16.0 Å². The fourth-order valence-corrected chi connectivity index (χ4v) is 5.14. The summed E-state index contributed by atoms with van der Waals surface area (Å²) in [6.07, 6.45) is 6.17. The maximum absolute atomic E-state index is 12.4. The topological polar surface area (TPSA) is 76.4 Å². The van der Waals surface area contributed by atoms with E-state index in [0.717, 1.165) is 68.8 Å². The van der Waals surface area contributed by atoms with Crippen LogP contribution in [0.15, 0.2) is 0 Å². The van der Waals surface area contributed by atoms with Crippen LogP contribution in [0.3, 0.4) is 0 Å². The molecule has 0 spiro atoms. The minimum Gasteiger partial charge on any atom is -0.341 e. The van der Waals surface area contributed by atoms with Gasteiger partial charge in [-0.3, -0.25) is 9.59 Å². The average Bonchev–Trinajstić information content (AvgIpc) is 2.86. The van der Waals surface area contributed by atoms with Gasteiger partial charge >= 0.3 is 0 Å². The first-order chi connectivity index (χ1) is 13.1. The van der Waals surface area contributed by atoms with Crippen molar-refractivity contribution >= 4 is 28.2 Å². The maximum atomic E-state index is 12.4. The molecule has 2 heterocycles. The highest BCUT2D eigenvalue weighted by molar-refractivity contribution is 7.16. The molecular weight excluding hydrogens is 360 g/mol. The first-order valence-corrected chi connectivity index (χ1v) is 10.8. The first kappa shape index (κ1) is 19.8. The van der Waals surface area contributed by atoms with E-state index in [9.17, 15) is 14.9 Å². The molecule has 1 saturated heterocycles. The largest absolute Gasteiger partial charge is 0.341 e. The van der Waals surface area contributed by atoms with Gasteiger partial charge in [0.1, 0.15) is 11.1 Å². The second-order valence-electron chi connectivity index (χ2n) is 7.25. The van der Waals surface area contributed by atoms with Crippen molar-refractivity contribution in [2.75, 3.05) is 38.0 Å². The van der Waals surface area contributed by atoms with Gasteiger partial charge in [0.15, 0.2) is 0 Å². The van der Waals surface area contributed by atoms with E-state index in [0.29, 0.717) is 24.9 Å². The molecule has 0 atom stereocenters. The number of hydrogen-bond acceptors (Lipinski definition) is 5. The van der Waals surface area contributed by atoms with Crippen LogP contribution in [0.5, 0.6) is 0 Å². The number of carbonyl (C=O) groups is 2. The number of anilines is 1. The van der Waals surface area contributed by atoms with E-state index in [2.05, 4.69) is 16.3 Å². The molecule has 0 unspecified atom stereocenters. The molecule has 0 radical (unpaired) electrons. The molecule has 1 N–H and O–H groups in total. The van der Waals surface area contributed by atoms with Gasteiger partial charge in [0, 0.05) is 43.9 Å². The van der Waals surface area contributed by atoms with Crippen LogP contribution in [0.2, 0.25) is 0 Å². The van der Waals surface area contributed by atoms with E-state index in [1.165, 1.54) is 4.88 Å². The number of fused-ring (bicyclic) bond motifs is 1. The van der Waals surface area contributed by atoms with Crippen LogP contribution < -0.4 is 5.32 Å². The van der Waals surface area contributed by atoms with Gasteiger partial charge < -0.3 is 15.1 Å². The van der Waals surface area contributed by atoms with E-state index >= 15 is 0 Å². The van der Waals surface area contributed by atoms with Crippen molar-refractivity contribution in [3.63, 3.8) is 0 Å². The summed E-state index contributed by atoms with van der Waals surface area (Å²) in [5.74, 6) is 0.177. The molecule has 2 amide bonds. The van der Waals surface area contributed by atoms with Crippen molar-refractivity contribution in [3.8, 4) is 6.07 Å². The fraction of sp³-hybridized carbons (Fsp3) is 0.650. The summed E-state index contributed by atoms with van der Waals surface area (Å²) in [5, 5.41) is 13.2. The smallest absolute Gasteiger partial charge is 0.226 e. The maximum Gasteiger partial charge on any atom is 0.226 e. The molecule has 0 aromatic carbocycles. The quantitative estimate of drug-likeness (QED) is 0.841. The summed E-state index contributed by atoms with van der Waals surface area (Å²) in [6.45, 7) is 5.86. The van der Waals surface area contributed by atoms with Gasteiger partial charge in [0.25, 0.3) is 0 Å². The number of rotatable bonds is 5. The molecular formula is C20H28N4O2S. The highest BCUT2D eigenvalue weighted by Crippen LogP contribution is 2.37. The number of nitrogens with one attached hydrogen (secondary N) is 1. The molecule has 3 rings (SSSR count). The molecule has 1 aliphatic carbocycles. The lowest BCUT2D eigenvalue weighted by atomic mass is 9.96. The van der Waals surface area contributed by atoms with Crippen LogP contribution in [0.1, 0.15) is 55.0 Å². The van der Waals surface area contributed by atoms with Crippen molar-refractivity contribution < 1.29 is 9.59 Å². The van der Waals surface area contributed by atoms with E-state index < -0.39 is 0 Å². The van der Waals surface area contributed by atoms with Crippen molar-refractivity contribution in [1.29, 1.82) is 5.26 Å². The van der Waals surface area contributed by atoms with Gasteiger partial charge in [-0.25, -0.2) is 0 Å². The Morgan fingerprint density at radius 3 is 2.74 bits per heavy atom. The Kier molecular flexibility index (Phi) is 6.86. The Morgan fingerprint density at radius 1 is 1.15 bits per heavy atom. The molecule has 1 fully saturated rings. The number of thiophene rings is 1. The summed E-state index contributed by atoms with van der Waals surface area (Å²) >= 11 is 1.57. The monoisotopic (exact) mass is 388 g/mol. The third-order valence-corrected chi connectivity index (χ3v) is 6.64. The van der Waals surface area contributed by atoms with Crippen molar-refractivity contribution in [2.45, 2.75) is 51.9 Å². The van der Waals surface area contributed by atoms with Gasteiger partial charge in [-0.15, -0.1) is 11.3 Å². The lowest BCUT2D eigenvalue weighted by molar-refractivity contribution is -0.130. The lowest BCUT2D eigenvalue weighted by Gasteiger charge is -2.21. The van der Waals surface area contributed by atoms with Crippen LogP contribution in [-0.4, -0.2) is 54.3 Å². The van der Waals surface area contributed by atoms with Crippen LogP contribution in [0, 0.1) is 11.3 Å². The Bertz CT molecular complexity index is 737. The standard InChI is InChI=1S/C20H28N4O2S/c1-2-19(26)24-10-5-9-23(12-13-24)11-8-18(25)22-20-16(14-21)15-6-3-4-7-17(15)27-20/h2-13H2,1H3,(H,22,25). The second-order valence-corrected chi connectivity index (χ2v) is 8.36. The molecule has 2 aliphatic rings. The molecule has 1 aromatic rings. The highest BCUT2D eigenvalue weighted by atomic mass is 32.1. The average molecular weight is 389 g/mol. The van der Waals surface area contributed by atoms with E-state index in [1.54, 1.807) is 11.3 Å². The summed E-state index contributed by atoms with van der Waals surface area (Å²) in [4.78, 5) is 29.7. The summed E-state index contributed by atoms with van der Waals surface area (Å²) in [6, 6.07) is 2.29. The van der Waals surface area contributed by atoms with Gasteiger partial charge in [-0.05, 0) is 44.2 Å². The Labute approximate surface area is 165 Å². The highest BCUT2D eigenvalue weighted by Gasteiger charge is 2.22. The predicted octanol–water partition coefficient (Wildman–Crippen LogP) is 2.77. The van der Waals surface area contributed by atoms with E-state index in [1.807, 2.05) is 11.8 Å². The first-order valence-electron chi connectivity index (χ1n) is 9.97. The van der Waals surface area contributed by atoms with Crippen LogP contribution in [0.4, 0.5) is 5.00 Å². The van der Waals surface area contributed by atoms with Crippen LogP contribution >= 0.6 is 11.3 Å². The van der Waals surface area contributed by atoms with Gasteiger partial charge in [0.05, 0.1) is 5.56 Å². The number of nitriles is 1. The number of amides is 2. The number of nitrogens with zero attached hydrogens (tertiary/aromatic N) is 3. The van der Waals surface area contributed by atoms with Crippen LogP contribution in [-0.2, 0) is 22.4 Å². The SMILES string of the molecule is CCC(=O)N1CCCN(CCC(=O)Nc2sc3c(c2C#N)CCCC3)CC1. The summed E-state index contributed by atoms with van der Waals surface area (Å²) in [5.41, 5.74) is 1.82. The predicted molar refractivity (Wildman–Crippen MR) is 107 cm³/mol. The van der Waals surface area contributed by atoms with Gasteiger partial charge in [0.2, 0.25) is 11.8 Å². The molecule has 0 bridgehead atoms. The Morgan fingerprint density at radius 2 is 1.96 bits per heavy atom. The van der Waals surface area contributed by atoms with Crippen molar-refractivity contribution in [2.24, 2.45) is 0 Å². The minimum absolute atomic E-state index is 0.0316. The minimum atomic E-state index is -0.0316. The van der Waals surface area contributed by atoms with Crippen LogP contribution in [0.25, 0.3) is 0 Å². The zero-order valence-corrected chi connectivity index (χ0v) is 16.9. The molecule has 27 heavy (non-hydrogen) atoms. The molecule has 6 nitrogen and oxygen atoms in total. The van der Waals surface area contributed by atoms with Gasteiger partial charge in [-0.1, -0.05) is 6.92 Å². The third-order valence-electron chi connectivity index (χ3n) is 5.43. The van der Waals surface area contributed by atoms with Crippen molar-refractivity contribution in [1.82, 2.24) is 9.80 Å². The van der Waals surface area contributed by atoms with Gasteiger partial charge in [-0.2, -0.15) is 5.26 Å². The third kappa shape index (κ3) is 4.88.